The lowest BCUT2D eigenvalue weighted by atomic mass is 9.93. The van der Waals surface area contributed by atoms with Crippen LogP contribution in [0.3, 0.4) is 0 Å². The molecular formula is C25H28N8O4S. The van der Waals surface area contributed by atoms with Crippen LogP contribution in [0.25, 0.3) is 26.6 Å². The Morgan fingerprint density at radius 1 is 1.13 bits per heavy atom. The normalized spacial score (nSPS) is 11.9. The lowest BCUT2D eigenvalue weighted by Crippen LogP contribution is -2.24. The second kappa shape index (κ2) is 10.4. The molecule has 4 heterocycles. The van der Waals surface area contributed by atoms with E-state index in [1.54, 1.807) is 26.5 Å². The number of carbonyl (C=O) groups excluding carboxylic acids is 1. The highest BCUT2D eigenvalue weighted by molar-refractivity contribution is 7.23. The van der Waals surface area contributed by atoms with E-state index in [4.69, 9.17) is 19.0 Å². The predicted octanol–water partition coefficient (Wildman–Crippen LogP) is 4.97. The van der Waals surface area contributed by atoms with E-state index >= 15 is 0 Å². The Balaban J connectivity index is 1.25. The maximum atomic E-state index is 12.4. The first-order valence-electron chi connectivity index (χ1n) is 11.8. The van der Waals surface area contributed by atoms with Crippen molar-refractivity contribution in [2.75, 3.05) is 36.7 Å². The Kier molecular flexibility index (Phi) is 6.97. The van der Waals surface area contributed by atoms with Crippen LogP contribution in [-0.4, -0.2) is 57.6 Å². The van der Waals surface area contributed by atoms with Gasteiger partial charge in [-0.3, -0.25) is 9.72 Å². The van der Waals surface area contributed by atoms with Crippen molar-refractivity contribution in [3.8, 4) is 11.3 Å². The molecule has 0 fully saturated rings. The summed E-state index contributed by atoms with van der Waals surface area (Å²) in [5, 5.41) is 12.5. The number of imidazole rings is 1. The summed E-state index contributed by atoms with van der Waals surface area (Å²) in [5.74, 6) is 1.54. The third kappa shape index (κ3) is 5.44. The Morgan fingerprint density at radius 2 is 1.89 bits per heavy atom. The predicted molar refractivity (Wildman–Crippen MR) is 146 cm³/mol. The average molecular weight is 537 g/mol. The highest BCUT2D eigenvalue weighted by Gasteiger charge is 2.20. The molecule has 0 unspecified atom stereocenters. The van der Waals surface area contributed by atoms with Gasteiger partial charge in [0.1, 0.15) is 16.1 Å². The number of fused-ring (bicyclic) bond motifs is 3. The van der Waals surface area contributed by atoms with Crippen molar-refractivity contribution >= 4 is 50.1 Å². The Labute approximate surface area is 222 Å². The van der Waals surface area contributed by atoms with Crippen LogP contribution in [-0.2, 0) is 14.9 Å². The summed E-state index contributed by atoms with van der Waals surface area (Å²) in [6.07, 6.45) is 3.32. The summed E-state index contributed by atoms with van der Waals surface area (Å²) < 4.78 is 17.6. The molecule has 0 aliphatic rings. The zero-order valence-corrected chi connectivity index (χ0v) is 22.4. The second-order valence-electron chi connectivity index (χ2n) is 9.53. The van der Waals surface area contributed by atoms with E-state index in [1.807, 2.05) is 55.6 Å². The molecule has 0 bridgehead atoms. The summed E-state index contributed by atoms with van der Waals surface area (Å²) in [7, 11) is 3.16. The molecule has 0 aliphatic carbocycles. The Bertz CT molecular complexity index is 1560. The summed E-state index contributed by atoms with van der Waals surface area (Å²) in [6, 6.07) is 8.75. The minimum absolute atomic E-state index is 0.196. The topological polar surface area (TPSA) is 141 Å². The molecule has 0 radical (unpaired) electrons. The van der Waals surface area contributed by atoms with Gasteiger partial charge >= 0.3 is 6.03 Å². The number of amides is 2. The van der Waals surface area contributed by atoms with Crippen molar-refractivity contribution in [3.63, 3.8) is 0 Å². The first-order chi connectivity index (χ1) is 18.2. The summed E-state index contributed by atoms with van der Waals surface area (Å²) in [6.45, 7) is 6.45. The van der Waals surface area contributed by atoms with Gasteiger partial charge in [-0.15, -0.1) is 0 Å². The summed E-state index contributed by atoms with van der Waals surface area (Å²) in [5.41, 5.74) is 3.02. The third-order valence-electron chi connectivity index (χ3n) is 5.74. The molecule has 1 aromatic carbocycles. The van der Waals surface area contributed by atoms with Crippen LogP contribution in [0.5, 0.6) is 0 Å². The van der Waals surface area contributed by atoms with Crippen LogP contribution >= 0.6 is 11.3 Å². The molecule has 0 saturated carbocycles. The van der Waals surface area contributed by atoms with Crippen molar-refractivity contribution in [2.24, 2.45) is 0 Å². The number of nitrogens with one attached hydrogen (secondary N) is 3. The monoisotopic (exact) mass is 536 g/mol. The number of rotatable bonds is 8. The number of aromatic nitrogens is 5. The number of hydrogen-bond donors (Lipinski definition) is 3. The fraction of sp³-hybridized carbons (Fsp3) is 0.320. The van der Waals surface area contributed by atoms with Crippen molar-refractivity contribution in [3.05, 3.63) is 48.5 Å². The average Bonchev–Trinajstić information content (AvgIpc) is 3.59. The van der Waals surface area contributed by atoms with Gasteiger partial charge in [-0.1, -0.05) is 49.4 Å². The van der Waals surface area contributed by atoms with E-state index in [-0.39, 0.29) is 11.7 Å². The van der Waals surface area contributed by atoms with Crippen molar-refractivity contribution < 1.29 is 18.8 Å². The van der Waals surface area contributed by atoms with Crippen molar-refractivity contribution in [1.82, 2.24) is 24.5 Å². The zero-order valence-electron chi connectivity index (χ0n) is 21.6. The van der Waals surface area contributed by atoms with E-state index in [2.05, 4.69) is 31.1 Å². The standard InChI is InChI=1S/C25H28N8O4S/c1-25(2,3)18-10-19(32-37-18)30-23(34)28-15-8-6-14(7-9-15)16-13-33-17-11-26-22(27-12-20(35-4)36-5)31-21(17)38-24(33)29-16/h6-11,13,20H,12H2,1-5H3,(H,26,27,31)(H2,28,30,32,34). The lowest BCUT2D eigenvalue weighted by Gasteiger charge is -2.13. The highest BCUT2D eigenvalue weighted by atomic mass is 32.1. The molecule has 5 aromatic rings. The number of urea groups is 1. The van der Waals surface area contributed by atoms with Gasteiger partial charge in [0.25, 0.3) is 0 Å². The first-order valence-corrected chi connectivity index (χ1v) is 12.6. The third-order valence-corrected chi connectivity index (χ3v) is 6.70. The lowest BCUT2D eigenvalue weighted by molar-refractivity contribution is -0.0914. The van der Waals surface area contributed by atoms with Crippen LogP contribution in [0.4, 0.5) is 22.2 Å². The molecule has 0 aliphatic heterocycles. The van der Waals surface area contributed by atoms with Crippen LogP contribution < -0.4 is 16.0 Å². The van der Waals surface area contributed by atoms with Gasteiger partial charge in [0.05, 0.1) is 18.4 Å². The Hall–Kier alpha value is -4.07. The molecule has 3 N–H and O–H groups in total. The minimum atomic E-state index is -0.408. The second-order valence-corrected chi connectivity index (χ2v) is 10.5. The Morgan fingerprint density at radius 3 is 2.58 bits per heavy atom. The highest BCUT2D eigenvalue weighted by Crippen LogP contribution is 2.29. The molecule has 0 atom stereocenters. The van der Waals surface area contributed by atoms with E-state index in [1.165, 1.54) is 11.3 Å². The number of methoxy groups -OCH3 is 2. The maximum Gasteiger partial charge on any atom is 0.324 e. The summed E-state index contributed by atoms with van der Waals surface area (Å²) >= 11 is 1.47. The number of benzene rings is 1. The fourth-order valence-electron chi connectivity index (χ4n) is 3.65. The molecule has 38 heavy (non-hydrogen) atoms. The molecule has 12 nitrogen and oxygen atoms in total. The molecule has 4 aromatic heterocycles. The zero-order chi connectivity index (χ0) is 26.9. The number of carbonyl (C=O) groups is 1. The van der Waals surface area contributed by atoms with E-state index in [0.29, 0.717) is 29.8 Å². The molecule has 13 heteroatoms. The van der Waals surface area contributed by atoms with Gasteiger partial charge < -0.3 is 24.6 Å². The largest absolute Gasteiger partial charge is 0.359 e. The van der Waals surface area contributed by atoms with E-state index in [9.17, 15) is 4.79 Å². The van der Waals surface area contributed by atoms with Crippen LogP contribution in [0.15, 0.2) is 47.2 Å². The molecular weight excluding hydrogens is 508 g/mol. The summed E-state index contributed by atoms with van der Waals surface area (Å²) in [4.78, 5) is 27.7. The number of thiazole rings is 1. The number of anilines is 3. The smallest absolute Gasteiger partial charge is 0.324 e. The first kappa shape index (κ1) is 25.6. The maximum absolute atomic E-state index is 12.4. The minimum Gasteiger partial charge on any atom is -0.359 e. The molecule has 0 spiro atoms. The van der Waals surface area contributed by atoms with Gasteiger partial charge in [-0.2, -0.15) is 0 Å². The van der Waals surface area contributed by atoms with Crippen molar-refractivity contribution in [1.29, 1.82) is 0 Å². The number of nitrogens with zero attached hydrogens (tertiary/aromatic N) is 5. The van der Waals surface area contributed by atoms with Crippen molar-refractivity contribution in [2.45, 2.75) is 32.5 Å². The van der Waals surface area contributed by atoms with Gasteiger partial charge in [0.15, 0.2) is 17.1 Å². The molecule has 2 amide bonds. The fourth-order valence-corrected chi connectivity index (χ4v) is 4.60. The van der Waals surface area contributed by atoms with Crippen LogP contribution in [0, 0.1) is 0 Å². The molecule has 0 saturated heterocycles. The number of ether oxygens (including phenoxy) is 2. The number of hydrogen-bond acceptors (Lipinski definition) is 10. The van der Waals surface area contributed by atoms with E-state index in [0.717, 1.165) is 26.6 Å². The van der Waals surface area contributed by atoms with Gasteiger partial charge in [-0.25, -0.2) is 19.7 Å². The molecule has 198 valence electrons. The quantitative estimate of drug-likeness (QED) is 0.234. The van der Waals surface area contributed by atoms with Gasteiger partial charge in [0.2, 0.25) is 5.95 Å². The van der Waals surface area contributed by atoms with Gasteiger partial charge in [0, 0.05) is 43.1 Å². The van der Waals surface area contributed by atoms with Crippen LogP contribution in [0.2, 0.25) is 0 Å². The SMILES string of the molecule is COC(CNc1ncc2c(n1)sc1nc(-c3ccc(NC(=O)Nc4cc(C(C)(C)C)on4)cc3)cn12)OC. The van der Waals surface area contributed by atoms with Gasteiger partial charge in [-0.05, 0) is 12.1 Å². The van der Waals surface area contributed by atoms with Crippen LogP contribution in [0.1, 0.15) is 26.5 Å². The molecule has 5 rings (SSSR count). The van der Waals surface area contributed by atoms with E-state index < -0.39 is 6.03 Å².